The van der Waals surface area contributed by atoms with Gasteiger partial charge in [0, 0.05) is 26.2 Å². The maximum atomic E-state index is 15.0. The van der Waals surface area contributed by atoms with Crippen LogP contribution in [0.25, 0.3) is 0 Å². The fraction of sp³-hybridized carbons (Fsp3) is 0.435. The number of nitrogens with one attached hydrogen (secondary N) is 1. The van der Waals surface area contributed by atoms with Crippen molar-refractivity contribution in [3.05, 3.63) is 63.6 Å². The first-order valence-corrected chi connectivity index (χ1v) is 13.2. The van der Waals surface area contributed by atoms with E-state index in [0.29, 0.717) is 38.7 Å². The van der Waals surface area contributed by atoms with Gasteiger partial charge < -0.3 is 14.5 Å². The van der Waals surface area contributed by atoms with Gasteiger partial charge in [0.25, 0.3) is 5.91 Å². The number of anilines is 1. The van der Waals surface area contributed by atoms with Gasteiger partial charge in [-0.1, -0.05) is 53.5 Å². The van der Waals surface area contributed by atoms with Gasteiger partial charge in [-0.15, -0.1) is 3.89 Å². The minimum absolute atomic E-state index is 0.0899. The lowest BCUT2D eigenvalue weighted by Crippen LogP contribution is -2.51. The molecule has 2 fully saturated rings. The number of nitrogens with zero attached hydrogens (tertiary/aromatic N) is 3. The Labute approximate surface area is 211 Å². The van der Waals surface area contributed by atoms with E-state index in [2.05, 4.69) is 4.72 Å². The summed E-state index contributed by atoms with van der Waals surface area (Å²) in [6.07, 6.45) is -0.240. The van der Waals surface area contributed by atoms with Gasteiger partial charge in [-0.05, 0) is 37.7 Å². The summed E-state index contributed by atoms with van der Waals surface area (Å²) in [5.74, 6) is -0.0186. The zero-order valence-corrected chi connectivity index (χ0v) is 21.4. The summed E-state index contributed by atoms with van der Waals surface area (Å²) in [5.41, 5.74) is 1.35. The van der Waals surface area contributed by atoms with Gasteiger partial charge in [-0.25, -0.2) is 4.31 Å². The van der Waals surface area contributed by atoms with Crippen LogP contribution in [0.1, 0.15) is 22.0 Å². The Morgan fingerprint density at radius 2 is 1.85 bits per heavy atom. The molecular formula is C23H29Cl2FN4O3S. The second kappa shape index (κ2) is 10.6. The van der Waals surface area contributed by atoms with Crippen LogP contribution < -0.4 is 4.72 Å². The van der Waals surface area contributed by atoms with Gasteiger partial charge in [0.2, 0.25) is 0 Å². The van der Waals surface area contributed by atoms with E-state index in [1.54, 1.807) is 4.90 Å². The van der Waals surface area contributed by atoms with Crippen molar-refractivity contribution < 1.29 is 18.0 Å². The van der Waals surface area contributed by atoms with Gasteiger partial charge in [-0.2, -0.15) is 0 Å². The highest BCUT2D eigenvalue weighted by Gasteiger charge is 2.40. The second-order valence-electron chi connectivity index (χ2n) is 8.89. The standard InChI is InChI=1S/C23H29Cl2FN4O3S/c1-28(2)12-16-13-30(14-16)34(26,32)27-18-10-19(24)22(20(25)11-18)23(31)29-8-9-33-21(15-29)17-6-4-3-5-7-17/h3-7,10-11,16,21,27,32H,8-9,12-15H2,1-2H3/t21-/m1/s1. The fourth-order valence-corrected chi connectivity index (χ4v) is 6.28. The average Bonchev–Trinajstić information content (AvgIpc) is 2.75. The molecule has 0 spiro atoms. The molecule has 2 aliphatic heterocycles. The summed E-state index contributed by atoms with van der Waals surface area (Å²) in [4.78, 5) is 16.9. The van der Waals surface area contributed by atoms with E-state index in [4.69, 9.17) is 27.9 Å². The molecule has 0 saturated carbocycles. The van der Waals surface area contributed by atoms with Crippen LogP contribution in [0.5, 0.6) is 0 Å². The van der Waals surface area contributed by atoms with Crippen LogP contribution in [0.15, 0.2) is 42.5 Å². The van der Waals surface area contributed by atoms with Crippen LogP contribution in [0, 0.1) is 5.92 Å². The van der Waals surface area contributed by atoms with E-state index in [1.807, 2.05) is 49.3 Å². The van der Waals surface area contributed by atoms with Gasteiger partial charge >= 0.3 is 0 Å². The molecule has 4 rings (SSSR count). The van der Waals surface area contributed by atoms with Crippen molar-refractivity contribution in [3.63, 3.8) is 0 Å². The first kappa shape index (κ1) is 25.5. The maximum absolute atomic E-state index is 15.0. The van der Waals surface area contributed by atoms with Crippen molar-refractivity contribution in [2.45, 2.75) is 6.10 Å². The second-order valence-corrected chi connectivity index (χ2v) is 11.4. The Hall–Kier alpha value is -1.59. The molecule has 2 atom stereocenters. The first-order valence-electron chi connectivity index (χ1n) is 11.0. The SMILES string of the molecule is CN(C)CC1CN(S(O)(F)Nc2cc(Cl)c(C(=O)N3CCO[C@@H](c4ccccc4)C3)c(Cl)c2)C1. The van der Waals surface area contributed by atoms with Crippen molar-refractivity contribution >= 4 is 45.9 Å². The molecule has 2 aliphatic rings. The summed E-state index contributed by atoms with van der Waals surface area (Å²) in [7, 11) is 3.92. The fourth-order valence-electron chi connectivity index (χ4n) is 4.26. The van der Waals surface area contributed by atoms with Crippen LogP contribution in [-0.4, -0.2) is 78.0 Å². The molecule has 1 unspecified atom stereocenters. The molecule has 1 amide bonds. The minimum atomic E-state index is -3.73. The van der Waals surface area contributed by atoms with Crippen molar-refractivity contribution in [2.24, 2.45) is 5.92 Å². The molecule has 7 nitrogen and oxygen atoms in total. The zero-order valence-electron chi connectivity index (χ0n) is 19.1. The summed E-state index contributed by atoms with van der Waals surface area (Å²) in [6.45, 7) is 2.89. The summed E-state index contributed by atoms with van der Waals surface area (Å²) in [5, 5.41) is 0.180. The summed E-state index contributed by atoms with van der Waals surface area (Å²) in [6, 6.07) is 12.5. The zero-order chi connectivity index (χ0) is 24.5. The van der Waals surface area contributed by atoms with Crippen molar-refractivity contribution in [3.8, 4) is 0 Å². The van der Waals surface area contributed by atoms with Gasteiger partial charge in [0.1, 0.15) is 6.10 Å². The number of rotatable bonds is 7. The van der Waals surface area contributed by atoms with Crippen LogP contribution in [0.3, 0.4) is 0 Å². The number of carbonyl (C=O) groups is 1. The summed E-state index contributed by atoms with van der Waals surface area (Å²) >= 11 is 9.11. The Kier molecular flexibility index (Phi) is 7.93. The highest BCUT2D eigenvalue weighted by molar-refractivity contribution is 8.23. The monoisotopic (exact) mass is 530 g/mol. The number of carbonyl (C=O) groups excluding carboxylic acids is 1. The molecule has 2 aromatic rings. The van der Waals surface area contributed by atoms with Crippen LogP contribution >= 0.6 is 34.3 Å². The first-order chi connectivity index (χ1) is 16.1. The number of morpholine rings is 1. The predicted molar refractivity (Wildman–Crippen MR) is 136 cm³/mol. The number of halogens is 3. The normalized spacial score (nSPS) is 22.2. The van der Waals surface area contributed by atoms with Crippen LogP contribution in [0.4, 0.5) is 9.57 Å². The maximum Gasteiger partial charge on any atom is 0.257 e. The highest BCUT2D eigenvalue weighted by atomic mass is 35.5. The lowest BCUT2D eigenvalue weighted by Gasteiger charge is -2.47. The number of amides is 1. The van der Waals surface area contributed by atoms with E-state index < -0.39 is 11.1 Å². The minimum Gasteiger partial charge on any atom is -0.370 e. The van der Waals surface area contributed by atoms with Crippen molar-refractivity contribution in [1.82, 2.24) is 14.1 Å². The quantitative estimate of drug-likeness (QED) is 0.518. The molecule has 2 N–H and O–H groups in total. The Morgan fingerprint density at radius 1 is 1.21 bits per heavy atom. The highest BCUT2D eigenvalue weighted by Crippen LogP contribution is 2.53. The molecule has 11 heteroatoms. The third kappa shape index (κ3) is 5.79. The van der Waals surface area contributed by atoms with Gasteiger partial charge in [-0.3, -0.25) is 14.1 Å². The third-order valence-electron chi connectivity index (χ3n) is 5.92. The van der Waals surface area contributed by atoms with Crippen LogP contribution in [-0.2, 0) is 4.74 Å². The number of hydrogen-bond donors (Lipinski definition) is 2. The number of hydrogen-bond acceptors (Lipinski definition) is 6. The summed E-state index contributed by atoms with van der Waals surface area (Å²) < 4.78 is 35.1. The topological polar surface area (TPSA) is 68.3 Å². The predicted octanol–water partition coefficient (Wildman–Crippen LogP) is 5.10. The Morgan fingerprint density at radius 3 is 2.47 bits per heavy atom. The van der Waals surface area contributed by atoms with Crippen molar-refractivity contribution in [2.75, 3.05) is 58.1 Å². The molecule has 0 radical (unpaired) electrons. The Balaban J connectivity index is 1.43. The van der Waals surface area contributed by atoms with Crippen molar-refractivity contribution in [1.29, 1.82) is 0 Å². The van der Waals surface area contributed by atoms with E-state index >= 15 is 3.89 Å². The molecule has 34 heavy (non-hydrogen) atoms. The molecule has 2 heterocycles. The average molecular weight is 531 g/mol. The molecule has 186 valence electrons. The van der Waals surface area contributed by atoms with Crippen LogP contribution in [0.2, 0.25) is 10.0 Å². The van der Waals surface area contributed by atoms with E-state index in [9.17, 15) is 9.35 Å². The van der Waals surface area contributed by atoms with Gasteiger partial charge in [0.15, 0.2) is 11.1 Å². The van der Waals surface area contributed by atoms with E-state index in [-0.39, 0.29) is 33.3 Å². The van der Waals surface area contributed by atoms with E-state index in [1.165, 1.54) is 16.4 Å². The van der Waals surface area contributed by atoms with E-state index in [0.717, 1.165) is 12.1 Å². The molecule has 2 saturated heterocycles. The Bertz CT molecular complexity index is 1000. The molecule has 2 aromatic carbocycles. The van der Waals surface area contributed by atoms with Gasteiger partial charge in [0.05, 0.1) is 34.4 Å². The number of benzene rings is 2. The molecule has 0 aliphatic carbocycles. The molecular weight excluding hydrogens is 502 g/mol. The lowest BCUT2D eigenvalue weighted by atomic mass is 10.0. The number of ether oxygens (including phenoxy) is 1. The molecule has 0 aromatic heterocycles. The molecule has 0 bridgehead atoms. The third-order valence-corrected chi connectivity index (χ3v) is 7.99. The lowest BCUT2D eigenvalue weighted by molar-refractivity contribution is -0.0228. The smallest absolute Gasteiger partial charge is 0.257 e. The largest absolute Gasteiger partial charge is 0.370 e.